The normalized spacial score (nSPS) is 11.5. The summed E-state index contributed by atoms with van der Waals surface area (Å²) in [5, 5.41) is 16.1. The highest BCUT2D eigenvalue weighted by molar-refractivity contribution is 5.92. The van der Waals surface area contributed by atoms with Gasteiger partial charge in [-0.05, 0) is 54.8 Å². The van der Waals surface area contributed by atoms with Gasteiger partial charge in [-0.3, -0.25) is 5.32 Å². The molecule has 0 aliphatic heterocycles. The van der Waals surface area contributed by atoms with E-state index in [-0.39, 0.29) is 5.75 Å². The number of aryl methyl sites for hydroxylation is 1. The van der Waals surface area contributed by atoms with Gasteiger partial charge >= 0.3 is 12.1 Å². The Bertz CT molecular complexity index is 1680. The minimum absolute atomic E-state index is 0.0835. The van der Waals surface area contributed by atoms with Gasteiger partial charge in [0.25, 0.3) is 0 Å². The van der Waals surface area contributed by atoms with E-state index in [1.165, 1.54) is 12.1 Å². The van der Waals surface area contributed by atoms with Crippen molar-refractivity contribution >= 4 is 17.7 Å². The Morgan fingerprint density at radius 2 is 1.51 bits per heavy atom. The summed E-state index contributed by atoms with van der Waals surface area (Å²) in [7, 11) is 0. The minimum Gasteiger partial charge on any atom is -0.477 e. The zero-order valence-electron chi connectivity index (χ0n) is 22.1. The molecule has 0 bridgehead atoms. The maximum absolute atomic E-state index is 13.9. The second kappa shape index (κ2) is 11.7. The Morgan fingerprint density at radius 3 is 2.17 bits per heavy atom. The second-order valence-electron chi connectivity index (χ2n) is 9.18. The lowest BCUT2D eigenvalue weighted by molar-refractivity contribution is 0.0688. The highest BCUT2D eigenvalue weighted by atomic mass is 19.1. The first-order chi connectivity index (χ1) is 19.8. The van der Waals surface area contributed by atoms with E-state index in [4.69, 9.17) is 14.0 Å². The van der Waals surface area contributed by atoms with Crippen molar-refractivity contribution in [2.24, 2.45) is 0 Å². The molecular weight excluding hydrogens is 527 g/mol. The van der Waals surface area contributed by atoms with Gasteiger partial charge in [0.1, 0.15) is 40.4 Å². The Morgan fingerprint density at radius 1 is 0.878 bits per heavy atom. The highest BCUT2D eigenvalue weighted by Gasteiger charge is 2.20. The molecule has 4 aromatic carbocycles. The number of ether oxygens (including phenoxy) is 2. The van der Waals surface area contributed by atoms with E-state index in [0.29, 0.717) is 28.5 Å². The van der Waals surface area contributed by atoms with Crippen LogP contribution in [0.15, 0.2) is 102 Å². The van der Waals surface area contributed by atoms with Crippen molar-refractivity contribution in [3.05, 3.63) is 120 Å². The Labute approximate surface area is 235 Å². The van der Waals surface area contributed by atoms with Gasteiger partial charge in [0, 0.05) is 5.56 Å². The molecule has 0 unspecified atom stereocenters. The smallest absolute Gasteiger partial charge is 0.412 e. The van der Waals surface area contributed by atoms with Crippen molar-refractivity contribution in [1.82, 2.24) is 5.16 Å². The fourth-order valence-corrected chi connectivity index (χ4v) is 4.25. The lowest BCUT2D eigenvalue weighted by Crippen LogP contribution is -2.16. The molecule has 0 radical (unpaired) electrons. The third-order valence-corrected chi connectivity index (χ3v) is 6.39. The number of carboxylic acids is 1. The summed E-state index contributed by atoms with van der Waals surface area (Å²) in [6.45, 7) is 3.52. The number of aromatic nitrogens is 1. The molecule has 0 saturated heterocycles. The lowest BCUT2D eigenvalue weighted by Gasteiger charge is -2.14. The van der Waals surface area contributed by atoms with Crippen LogP contribution in [0.25, 0.3) is 22.5 Å². The molecule has 0 spiro atoms. The average Bonchev–Trinajstić information content (AvgIpc) is 3.33. The number of anilines is 1. The summed E-state index contributed by atoms with van der Waals surface area (Å²) >= 11 is 0. The Hall–Kier alpha value is -5.44. The largest absolute Gasteiger partial charge is 0.477 e. The van der Waals surface area contributed by atoms with Gasteiger partial charge in [0.15, 0.2) is 5.76 Å². The average molecular weight is 553 g/mol. The fourth-order valence-electron chi connectivity index (χ4n) is 4.25. The number of carbonyl (C=O) groups is 2. The SMILES string of the molecule is Cc1noc(-c2ccc(-c3ccc(Oc4cccc(F)c4C(=O)O)cc3)cc2)c1NC(=O)O[C@H](C)c1ccccc1. The van der Waals surface area contributed by atoms with Gasteiger partial charge in [-0.2, -0.15) is 0 Å². The fraction of sp³-hybridized carbons (Fsp3) is 0.0938. The third-order valence-electron chi connectivity index (χ3n) is 6.39. The quantitative estimate of drug-likeness (QED) is 0.199. The standard InChI is InChI=1S/C32H25FN2O6/c1-19-29(34-32(38)39-20(2)21-7-4-3-5-8-21)30(41-35-19)24-13-11-22(12-14-24)23-15-17-25(18-16-23)40-27-10-6-9-26(33)28(27)31(36)37/h3-18,20H,1-2H3,(H,34,38)(H,36,37)/t20-/m1/s1. The van der Waals surface area contributed by atoms with Crippen molar-refractivity contribution in [3.63, 3.8) is 0 Å². The zero-order valence-corrected chi connectivity index (χ0v) is 22.1. The number of nitrogens with zero attached hydrogens (tertiary/aromatic N) is 1. The Kier molecular flexibility index (Phi) is 7.78. The number of halogens is 1. The summed E-state index contributed by atoms with van der Waals surface area (Å²) in [5.41, 5.74) is 3.73. The van der Waals surface area contributed by atoms with E-state index in [2.05, 4.69) is 10.5 Å². The van der Waals surface area contributed by atoms with Crippen molar-refractivity contribution in [3.8, 4) is 33.9 Å². The van der Waals surface area contributed by atoms with E-state index >= 15 is 0 Å². The summed E-state index contributed by atoms with van der Waals surface area (Å²) < 4.78 is 30.6. The summed E-state index contributed by atoms with van der Waals surface area (Å²) in [4.78, 5) is 24.0. The van der Waals surface area contributed by atoms with Crippen LogP contribution in [0.4, 0.5) is 14.9 Å². The molecule has 5 aromatic rings. The number of nitrogens with one attached hydrogen (secondary N) is 1. The van der Waals surface area contributed by atoms with Crippen LogP contribution in [-0.2, 0) is 4.74 Å². The number of amides is 1. The van der Waals surface area contributed by atoms with Crippen LogP contribution < -0.4 is 10.1 Å². The molecule has 0 saturated carbocycles. The molecule has 1 heterocycles. The molecule has 8 nitrogen and oxygen atoms in total. The first-order valence-electron chi connectivity index (χ1n) is 12.7. The van der Waals surface area contributed by atoms with Gasteiger partial charge in [0.2, 0.25) is 0 Å². The maximum atomic E-state index is 13.9. The van der Waals surface area contributed by atoms with E-state index in [1.54, 1.807) is 38.1 Å². The number of carbonyl (C=O) groups excluding carboxylic acids is 1. The van der Waals surface area contributed by atoms with Crippen molar-refractivity contribution in [2.75, 3.05) is 5.32 Å². The van der Waals surface area contributed by atoms with Gasteiger partial charge in [-0.25, -0.2) is 14.0 Å². The molecule has 0 aliphatic carbocycles. The van der Waals surface area contributed by atoms with Crippen LogP contribution >= 0.6 is 0 Å². The molecule has 0 aliphatic rings. The van der Waals surface area contributed by atoms with Gasteiger partial charge in [-0.1, -0.05) is 78.0 Å². The molecule has 9 heteroatoms. The molecule has 2 N–H and O–H groups in total. The number of rotatable bonds is 8. The second-order valence-corrected chi connectivity index (χ2v) is 9.18. The first-order valence-corrected chi connectivity index (χ1v) is 12.7. The number of carboxylic acid groups (broad SMARTS) is 1. The molecule has 1 atom stereocenters. The summed E-state index contributed by atoms with van der Waals surface area (Å²) in [6, 6.07) is 27.7. The lowest BCUT2D eigenvalue weighted by atomic mass is 10.0. The molecule has 41 heavy (non-hydrogen) atoms. The zero-order chi connectivity index (χ0) is 28.9. The van der Waals surface area contributed by atoms with E-state index in [0.717, 1.165) is 22.8 Å². The highest BCUT2D eigenvalue weighted by Crippen LogP contribution is 2.34. The van der Waals surface area contributed by atoms with Crippen LogP contribution in [-0.4, -0.2) is 22.3 Å². The molecule has 1 amide bonds. The molecule has 5 rings (SSSR count). The van der Waals surface area contributed by atoms with Crippen LogP contribution in [0.3, 0.4) is 0 Å². The summed E-state index contributed by atoms with van der Waals surface area (Å²) in [6.07, 6.45) is -1.06. The number of hydrogen-bond acceptors (Lipinski definition) is 6. The molecule has 206 valence electrons. The van der Waals surface area contributed by atoms with Gasteiger partial charge in [-0.15, -0.1) is 0 Å². The minimum atomic E-state index is -1.41. The van der Waals surface area contributed by atoms with Gasteiger partial charge in [0.05, 0.1) is 0 Å². The maximum Gasteiger partial charge on any atom is 0.412 e. The van der Waals surface area contributed by atoms with Crippen LogP contribution in [0.5, 0.6) is 11.5 Å². The van der Waals surface area contributed by atoms with Crippen LogP contribution in [0.1, 0.15) is 34.6 Å². The predicted octanol–water partition coefficient (Wildman–Crippen LogP) is 8.26. The number of hydrogen-bond donors (Lipinski definition) is 2. The van der Waals surface area contributed by atoms with Crippen LogP contribution in [0, 0.1) is 12.7 Å². The Balaban J connectivity index is 1.28. The number of aromatic carboxylic acids is 1. The molecule has 0 fully saturated rings. The predicted molar refractivity (Wildman–Crippen MR) is 151 cm³/mol. The van der Waals surface area contributed by atoms with Gasteiger partial charge < -0.3 is 19.1 Å². The van der Waals surface area contributed by atoms with E-state index in [9.17, 15) is 19.1 Å². The topological polar surface area (TPSA) is 111 Å². The molecule has 1 aromatic heterocycles. The third kappa shape index (κ3) is 6.09. The van der Waals surface area contributed by atoms with Crippen molar-refractivity contribution < 1.29 is 33.1 Å². The van der Waals surface area contributed by atoms with Crippen LogP contribution in [0.2, 0.25) is 0 Å². The monoisotopic (exact) mass is 552 g/mol. The first kappa shape index (κ1) is 27.1. The van der Waals surface area contributed by atoms with Crippen molar-refractivity contribution in [2.45, 2.75) is 20.0 Å². The summed E-state index contributed by atoms with van der Waals surface area (Å²) in [5.74, 6) is -1.61. The van der Waals surface area contributed by atoms with E-state index in [1.807, 2.05) is 54.6 Å². The van der Waals surface area contributed by atoms with Crippen molar-refractivity contribution in [1.29, 1.82) is 0 Å². The van der Waals surface area contributed by atoms with E-state index < -0.39 is 29.5 Å². The number of benzene rings is 4. The molecular formula is C32H25FN2O6.